The molecule has 0 radical (unpaired) electrons. The number of nitrogens with zero attached hydrogens (tertiary/aromatic N) is 1. The number of hydrogen-bond donors (Lipinski definition) is 1. The van der Waals surface area contributed by atoms with E-state index in [1.54, 1.807) is 19.3 Å². The molecule has 4 heteroatoms. The van der Waals surface area contributed by atoms with Crippen molar-refractivity contribution in [2.24, 2.45) is 0 Å². The summed E-state index contributed by atoms with van der Waals surface area (Å²) < 4.78 is 19.1. The Balaban J connectivity index is 2.55. The molecule has 0 amide bonds. The minimum Gasteiger partial charge on any atom is -0.476 e. The van der Waals surface area contributed by atoms with Gasteiger partial charge in [0.1, 0.15) is 0 Å². The molecular weight excluding hydrogens is 207 g/mol. The number of nitrogens with one attached hydrogen (secondary N) is 1. The fourth-order valence-corrected chi connectivity index (χ4v) is 1.41. The van der Waals surface area contributed by atoms with E-state index in [9.17, 15) is 4.39 Å². The van der Waals surface area contributed by atoms with Crippen LogP contribution in [0.2, 0.25) is 0 Å². The van der Waals surface area contributed by atoms with Crippen LogP contribution in [0.3, 0.4) is 0 Å². The number of ether oxygens (including phenoxy) is 1. The Hall–Kier alpha value is -1.16. The summed E-state index contributed by atoms with van der Waals surface area (Å²) in [7, 11) is 1.78. The van der Waals surface area contributed by atoms with Gasteiger partial charge in [0.15, 0.2) is 5.82 Å². The quantitative estimate of drug-likeness (QED) is 0.725. The molecule has 0 atom stereocenters. The lowest BCUT2D eigenvalue weighted by atomic mass is 10.2. The molecule has 1 aromatic rings. The number of pyridine rings is 1. The lowest BCUT2D eigenvalue weighted by molar-refractivity contribution is 0.278. The molecule has 0 aliphatic carbocycles. The summed E-state index contributed by atoms with van der Waals surface area (Å²) in [6, 6.07) is 1.66. The molecule has 90 valence electrons. The maximum Gasteiger partial charge on any atom is 0.250 e. The van der Waals surface area contributed by atoms with Crippen molar-refractivity contribution >= 4 is 0 Å². The summed E-state index contributed by atoms with van der Waals surface area (Å²) >= 11 is 0. The Bertz CT molecular complexity index is 318. The van der Waals surface area contributed by atoms with Crippen LogP contribution in [0.5, 0.6) is 5.88 Å². The SMILES string of the molecule is CCCCCOc1nccc(CNC)c1F. The Morgan fingerprint density at radius 1 is 1.44 bits per heavy atom. The minimum atomic E-state index is -0.353. The molecule has 0 saturated carbocycles. The first-order valence-corrected chi connectivity index (χ1v) is 5.70. The van der Waals surface area contributed by atoms with Gasteiger partial charge in [0.2, 0.25) is 0 Å². The van der Waals surface area contributed by atoms with Crippen LogP contribution >= 0.6 is 0 Å². The topological polar surface area (TPSA) is 34.1 Å². The fourth-order valence-electron chi connectivity index (χ4n) is 1.41. The summed E-state index contributed by atoms with van der Waals surface area (Å²) in [5, 5.41) is 2.91. The minimum absolute atomic E-state index is 0.115. The second-order valence-electron chi connectivity index (χ2n) is 3.68. The van der Waals surface area contributed by atoms with Gasteiger partial charge in [0.05, 0.1) is 6.61 Å². The van der Waals surface area contributed by atoms with Gasteiger partial charge in [-0.2, -0.15) is 0 Å². The number of hydrogen-bond acceptors (Lipinski definition) is 3. The van der Waals surface area contributed by atoms with Crippen LogP contribution in [0.25, 0.3) is 0 Å². The van der Waals surface area contributed by atoms with Crippen LogP contribution in [-0.4, -0.2) is 18.6 Å². The molecule has 16 heavy (non-hydrogen) atoms. The highest BCUT2D eigenvalue weighted by molar-refractivity contribution is 5.23. The predicted molar refractivity (Wildman–Crippen MR) is 62.0 cm³/mol. The van der Waals surface area contributed by atoms with Crippen molar-refractivity contribution in [3.63, 3.8) is 0 Å². The van der Waals surface area contributed by atoms with Crippen LogP contribution in [0.1, 0.15) is 31.7 Å². The summed E-state index contributed by atoms with van der Waals surface area (Å²) in [6.45, 7) is 3.13. The number of unbranched alkanes of at least 4 members (excludes halogenated alkanes) is 2. The van der Waals surface area contributed by atoms with Crippen LogP contribution in [0.15, 0.2) is 12.3 Å². The molecule has 0 aromatic carbocycles. The maximum absolute atomic E-state index is 13.7. The monoisotopic (exact) mass is 226 g/mol. The van der Waals surface area contributed by atoms with Gasteiger partial charge in [-0.25, -0.2) is 9.37 Å². The van der Waals surface area contributed by atoms with E-state index < -0.39 is 0 Å². The zero-order chi connectivity index (χ0) is 11.8. The predicted octanol–water partition coefficient (Wildman–Crippen LogP) is 2.51. The Morgan fingerprint density at radius 2 is 2.25 bits per heavy atom. The van der Waals surface area contributed by atoms with Crippen molar-refractivity contribution in [3.05, 3.63) is 23.6 Å². The fraction of sp³-hybridized carbons (Fsp3) is 0.583. The zero-order valence-electron chi connectivity index (χ0n) is 9.92. The van der Waals surface area contributed by atoms with Crippen LogP contribution in [0, 0.1) is 5.82 Å². The average Bonchev–Trinajstić information content (AvgIpc) is 2.29. The van der Waals surface area contributed by atoms with Gasteiger partial charge in [0.25, 0.3) is 5.88 Å². The molecule has 0 unspecified atom stereocenters. The van der Waals surface area contributed by atoms with Gasteiger partial charge in [-0.05, 0) is 19.5 Å². The molecule has 1 heterocycles. The number of rotatable bonds is 7. The molecule has 0 aliphatic heterocycles. The molecule has 1 N–H and O–H groups in total. The lowest BCUT2D eigenvalue weighted by Gasteiger charge is -2.08. The van der Waals surface area contributed by atoms with Crippen molar-refractivity contribution in [1.82, 2.24) is 10.3 Å². The molecule has 1 aromatic heterocycles. The maximum atomic E-state index is 13.7. The smallest absolute Gasteiger partial charge is 0.250 e. The summed E-state index contributed by atoms with van der Waals surface area (Å²) in [4.78, 5) is 3.89. The molecule has 0 spiro atoms. The highest BCUT2D eigenvalue weighted by Gasteiger charge is 2.09. The van der Waals surface area contributed by atoms with E-state index in [0.29, 0.717) is 18.7 Å². The first kappa shape index (κ1) is 12.9. The summed E-state index contributed by atoms with van der Waals surface area (Å²) in [5.74, 6) is -0.239. The Kier molecular flexibility index (Phi) is 5.78. The summed E-state index contributed by atoms with van der Waals surface area (Å²) in [5.41, 5.74) is 0.586. The first-order chi connectivity index (χ1) is 7.79. The number of aromatic nitrogens is 1. The van der Waals surface area contributed by atoms with Gasteiger partial charge in [0, 0.05) is 18.3 Å². The van der Waals surface area contributed by atoms with Crippen molar-refractivity contribution < 1.29 is 9.13 Å². The van der Waals surface area contributed by atoms with Crippen LogP contribution in [-0.2, 0) is 6.54 Å². The lowest BCUT2D eigenvalue weighted by Crippen LogP contribution is -2.09. The van der Waals surface area contributed by atoms with E-state index in [0.717, 1.165) is 19.3 Å². The third-order valence-corrected chi connectivity index (χ3v) is 2.29. The van der Waals surface area contributed by atoms with Gasteiger partial charge in [-0.3, -0.25) is 0 Å². The third-order valence-electron chi connectivity index (χ3n) is 2.29. The van der Waals surface area contributed by atoms with Gasteiger partial charge >= 0.3 is 0 Å². The summed E-state index contributed by atoms with van der Waals surface area (Å²) in [6.07, 6.45) is 4.73. The number of halogens is 1. The zero-order valence-corrected chi connectivity index (χ0v) is 9.92. The third kappa shape index (κ3) is 3.77. The van der Waals surface area contributed by atoms with E-state index in [2.05, 4.69) is 17.2 Å². The molecule has 3 nitrogen and oxygen atoms in total. The standard InChI is InChI=1S/C12H19FN2O/c1-3-4-5-8-16-12-11(13)10(9-14-2)6-7-15-12/h6-7,14H,3-5,8-9H2,1-2H3. The Labute approximate surface area is 96.0 Å². The largest absolute Gasteiger partial charge is 0.476 e. The molecule has 1 rings (SSSR count). The molecule has 0 fully saturated rings. The van der Waals surface area contributed by atoms with E-state index in [1.165, 1.54) is 0 Å². The van der Waals surface area contributed by atoms with E-state index in [4.69, 9.17) is 4.74 Å². The van der Waals surface area contributed by atoms with Crippen molar-refractivity contribution in [1.29, 1.82) is 0 Å². The second kappa shape index (κ2) is 7.17. The van der Waals surface area contributed by atoms with Crippen molar-refractivity contribution in [2.75, 3.05) is 13.7 Å². The van der Waals surface area contributed by atoms with Gasteiger partial charge < -0.3 is 10.1 Å². The van der Waals surface area contributed by atoms with E-state index in [1.807, 2.05) is 0 Å². The molecule has 0 bridgehead atoms. The van der Waals surface area contributed by atoms with E-state index in [-0.39, 0.29) is 11.7 Å². The first-order valence-electron chi connectivity index (χ1n) is 5.70. The van der Waals surface area contributed by atoms with Crippen molar-refractivity contribution in [2.45, 2.75) is 32.7 Å². The Morgan fingerprint density at radius 3 is 2.94 bits per heavy atom. The van der Waals surface area contributed by atoms with E-state index >= 15 is 0 Å². The second-order valence-corrected chi connectivity index (χ2v) is 3.68. The van der Waals surface area contributed by atoms with Gasteiger partial charge in [-0.1, -0.05) is 19.8 Å². The highest BCUT2D eigenvalue weighted by Crippen LogP contribution is 2.17. The van der Waals surface area contributed by atoms with Crippen LogP contribution in [0.4, 0.5) is 4.39 Å². The normalized spacial score (nSPS) is 10.4. The molecule has 0 aliphatic rings. The van der Waals surface area contributed by atoms with Crippen LogP contribution < -0.4 is 10.1 Å². The average molecular weight is 226 g/mol. The molecular formula is C12H19FN2O. The van der Waals surface area contributed by atoms with Crippen molar-refractivity contribution in [3.8, 4) is 5.88 Å². The highest BCUT2D eigenvalue weighted by atomic mass is 19.1. The van der Waals surface area contributed by atoms with Gasteiger partial charge in [-0.15, -0.1) is 0 Å². The molecule has 0 saturated heterocycles.